The molecule has 3 rings (SSSR count). The first-order valence-electron chi connectivity index (χ1n) is 9.34. The lowest BCUT2D eigenvalue weighted by Gasteiger charge is -2.13. The molecule has 1 saturated carbocycles. The predicted molar refractivity (Wildman–Crippen MR) is 113 cm³/mol. The molecule has 0 aliphatic heterocycles. The van der Waals surface area contributed by atoms with Crippen LogP contribution in [0.15, 0.2) is 58.3 Å². The summed E-state index contributed by atoms with van der Waals surface area (Å²) in [6, 6.07) is 12.4. The summed E-state index contributed by atoms with van der Waals surface area (Å²) in [5.74, 6) is -0.332. The largest absolute Gasteiger partial charge is 0.376 e. The van der Waals surface area contributed by atoms with Crippen molar-refractivity contribution in [3.05, 3.63) is 48.5 Å². The Hall–Kier alpha value is -2.39. The third-order valence-corrected chi connectivity index (χ3v) is 8.31. The maximum Gasteiger partial charge on any atom is 0.243 e. The van der Waals surface area contributed by atoms with Crippen molar-refractivity contribution < 1.29 is 21.6 Å². The van der Waals surface area contributed by atoms with Crippen LogP contribution in [0.2, 0.25) is 0 Å². The van der Waals surface area contributed by atoms with Crippen molar-refractivity contribution in [2.75, 3.05) is 23.4 Å². The maximum absolute atomic E-state index is 12.7. The molecule has 2 N–H and O–H groups in total. The molecule has 0 aromatic heterocycles. The van der Waals surface area contributed by atoms with Gasteiger partial charge in [0.25, 0.3) is 0 Å². The van der Waals surface area contributed by atoms with Gasteiger partial charge in [-0.25, -0.2) is 16.8 Å². The second kappa shape index (κ2) is 8.54. The van der Waals surface area contributed by atoms with E-state index < -0.39 is 19.7 Å². The van der Waals surface area contributed by atoms with Crippen LogP contribution in [0.3, 0.4) is 0 Å². The number of carbonyl (C=O) groups is 1. The fourth-order valence-electron chi connectivity index (χ4n) is 3.35. The minimum absolute atomic E-state index is 0.0548. The third-order valence-electron chi connectivity index (χ3n) is 4.92. The Bertz CT molecular complexity index is 1090. The minimum Gasteiger partial charge on any atom is -0.376 e. The summed E-state index contributed by atoms with van der Waals surface area (Å²) in [4.78, 5) is 12.6. The summed E-state index contributed by atoms with van der Waals surface area (Å²) in [7, 11) is -6.65. The lowest BCUT2D eigenvalue weighted by Crippen LogP contribution is -2.22. The number of amides is 1. The van der Waals surface area contributed by atoms with Gasteiger partial charge in [0.15, 0.2) is 19.7 Å². The molecule has 0 radical (unpaired) electrons. The zero-order valence-corrected chi connectivity index (χ0v) is 17.7. The van der Waals surface area contributed by atoms with Crippen LogP contribution in [0.1, 0.15) is 25.7 Å². The molecule has 1 amide bonds. The molecule has 9 heteroatoms. The zero-order valence-electron chi connectivity index (χ0n) is 16.1. The van der Waals surface area contributed by atoms with Crippen molar-refractivity contribution in [1.82, 2.24) is 0 Å². The molecule has 0 spiro atoms. The van der Waals surface area contributed by atoms with Gasteiger partial charge < -0.3 is 10.6 Å². The Kier molecular flexibility index (Phi) is 6.28. The Morgan fingerprint density at radius 1 is 0.931 bits per heavy atom. The summed E-state index contributed by atoms with van der Waals surface area (Å²) >= 11 is 0. The number of nitrogens with one attached hydrogen (secondary N) is 2. The van der Waals surface area contributed by atoms with Crippen LogP contribution in [0, 0.1) is 0 Å². The van der Waals surface area contributed by atoms with Crippen molar-refractivity contribution in [2.45, 2.75) is 40.7 Å². The van der Waals surface area contributed by atoms with Crippen LogP contribution in [-0.2, 0) is 24.5 Å². The highest BCUT2D eigenvalue weighted by atomic mass is 32.2. The highest BCUT2D eigenvalue weighted by molar-refractivity contribution is 7.92. The van der Waals surface area contributed by atoms with Crippen LogP contribution in [-0.4, -0.2) is 40.8 Å². The molecular formula is C20H24N2O5S2. The summed E-state index contributed by atoms with van der Waals surface area (Å²) in [5, 5.41) is 5.27. The summed E-state index contributed by atoms with van der Waals surface area (Å²) in [6.45, 7) is -0.0548. The number of sulfone groups is 2. The van der Waals surface area contributed by atoms with E-state index in [1.807, 2.05) is 0 Å². The zero-order chi connectivity index (χ0) is 21.1. The third kappa shape index (κ3) is 5.36. The van der Waals surface area contributed by atoms with E-state index >= 15 is 0 Å². The average molecular weight is 437 g/mol. The van der Waals surface area contributed by atoms with E-state index in [0.717, 1.165) is 19.1 Å². The smallest absolute Gasteiger partial charge is 0.243 e. The number of rotatable bonds is 7. The second-order valence-corrected chi connectivity index (χ2v) is 11.4. The van der Waals surface area contributed by atoms with Gasteiger partial charge in [-0.15, -0.1) is 0 Å². The average Bonchev–Trinajstić information content (AvgIpc) is 3.22. The van der Waals surface area contributed by atoms with Gasteiger partial charge in [0.1, 0.15) is 0 Å². The predicted octanol–water partition coefficient (Wildman–Crippen LogP) is 2.86. The van der Waals surface area contributed by atoms with Crippen molar-refractivity contribution in [3.63, 3.8) is 0 Å². The number of hydrogen-bond donors (Lipinski definition) is 2. The standard InChI is InChI=1S/C20H24N2O5S2/c1-28(24,25)17-11-9-15(10-12-17)22-20(23)14-21-16-5-4-8-19(13-16)29(26,27)18-6-2-3-7-18/h4-5,8-13,18,21H,2-3,6-7,14H2,1H3,(H,22,23). The topological polar surface area (TPSA) is 109 Å². The van der Waals surface area contributed by atoms with E-state index in [9.17, 15) is 21.6 Å². The Morgan fingerprint density at radius 3 is 2.21 bits per heavy atom. The Balaban J connectivity index is 1.60. The molecule has 1 aliphatic carbocycles. The Labute approximate surface area is 171 Å². The first kappa shape index (κ1) is 21.3. The molecule has 1 fully saturated rings. The van der Waals surface area contributed by atoms with Crippen molar-refractivity contribution >= 4 is 37.0 Å². The molecule has 2 aromatic carbocycles. The summed E-state index contributed by atoms with van der Waals surface area (Å²) in [5.41, 5.74) is 1.02. The van der Waals surface area contributed by atoms with Crippen molar-refractivity contribution in [2.24, 2.45) is 0 Å². The van der Waals surface area contributed by atoms with Crippen LogP contribution in [0.25, 0.3) is 0 Å². The van der Waals surface area contributed by atoms with E-state index in [2.05, 4.69) is 10.6 Å². The number of anilines is 2. The van der Waals surface area contributed by atoms with Gasteiger partial charge in [-0.05, 0) is 55.3 Å². The van der Waals surface area contributed by atoms with Gasteiger partial charge >= 0.3 is 0 Å². The fraction of sp³-hybridized carbons (Fsp3) is 0.350. The summed E-state index contributed by atoms with van der Waals surface area (Å²) in [6.07, 6.45) is 4.38. The molecule has 1 aliphatic rings. The van der Waals surface area contributed by atoms with Crippen LogP contribution < -0.4 is 10.6 Å². The molecule has 7 nitrogen and oxygen atoms in total. The van der Waals surface area contributed by atoms with Crippen LogP contribution in [0.4, 0.5) is 11.4 Å². The number of hydrogen-bond acceptors (Lipinski definition) is 6. The molecular weight excluding hydrogens is 412 g/mol. The fourth-order valence-corrected chi connectivity index (χ4v) is 5.88. The van der Waals surface area contributed by atoms with Crippen LogP contribution in [0.5, 0.6) is 0 Å². The van der Waals surface area contributed by atoms with Gasteiger partial charge in [-0.2, -0.15) is 0 Å². The quantitative estimate of drug-likeness (QED) is 0.691. The lowest BCUT2D eigenvalue weighted by molar-refractivity contribution is -0.114. The Morgan fingerprint density at radius 2 is 1.59 bits per heavy atom. The second-order valence-electron chi connectivity index (χ2n) is 7.18. The monoisotopic (exact) mass is 436 g/mol. The van der Waals surface area contributed by atoms with E-state index in [1.54, 1.807) is 24.3 Å². The summed E-state index contributed by atoms with van der Waals surface area (Å²) < 4.78 is 48.4. The number of carbonyl (C=O) groups excluding carboxylic acids is 1. The van der Waals surface area contributed by atoms with Gasteiger partial charge in [0.05, 0.1) is 21.6 Å². The SMILES string of the molecule is CS(=O)(=O)c1ccc(NC(=O)CNc2cccc(S(=O)(=O)C3CCCC3)c2)cc1. The molecule has 29 heavy (non-hydrogen) atoms. The molecule has 0 atom stereocenters. The first-order chi connectivity index (χ1) is 13.7. The highest BCUT2D eigenvalue weighted by Crippen LogP contribution is 2.30. The van der Waals surface area contributed by atoms with E-state index in [1.165, 1.54) is 24.3 Å². The minimum atomic E-state index is -3.35. The lowest BCUT2D eigenvalue weighted by atomic mass is 10.3. The number of benzene rings is 2. The van der Waals surface area contributed by atoms with Gasteiger partial charge in [-0.1, -0.05) is 18.9 Å². The molecule has 0 saturated heterocycles. The molecule has 0 bridgehead atoms. The van der Waals surface area contributed by atoms with Gasteiger partial charge in [0.2, 0.25) is 5.91 Å². The molecule has 0 unspecified atom stereocenters. The van der Waals surface area contributed by atoms with E-state index in [0.29, 0.717) is 24.2 Å². The highest BCUT2D eigenvalue weighted by Gasteiger charge is 2.30. The van der Waals surface area contributed by atoms with E-state index in [-0.39, 0.29) is 27.5 Å². The molecule has 156 valence electrons. The van der Waals surface area contributed by atoms with Crippen molar-refractivity contribution in [1.29, 1.82) is 0 Å². The van der Waals surface area contributed by atoms with Crippen molar-refractivity contribution in [3.8, 4) is 0 Å². The normalized spacial score (nSPS) is 15.2. The van der Waals surface area contributed by atoms with E-state index in [4.69, 9.17) is 0 Å². The van der Waals surface area contributed by atoms with Gasteiger partial charge in [-0.3, -0.25) is 4.79 Å². The molecule has 0 heterocycles. The van der Waals surface area contributed by atoms with Gasteiger partial charge in [0, 0.05) is 17.6 Å². The molecule has 2 aromatic rings. The van der Waals surface area contributed by atoms with Crippen LogP contribution >= 0.6 is 0 Å². The first-order valence-corrected chi connectivity index (χ1v) is 12.8. The maximum atomic E-state index is 12.7.